The van der Waals surface area contributed by atoms with Crippen molar-refractivity contribution >= 4 is 11.8 Å². The Morgan fingerprint density at radius 1 is 0.947 bits per heavy atom. The van der Waals surface area contributed by atoms with E-state index in [1.54, 1.807) is 24.3 Å². The van der Waals surface area contributed by atoms with Gasteiger partial charge in [-0.25, -0.2) is 4.79 Å². The third kappa shape index (κ3) is 2.80. The van der Waals surface area contributed by atoms with Crippen LogP contribution in [-0.2, 0) is 4.74 Å². The third-order valence-corrected chi connectivity index (χ3v) is 2.68. The number of ether oxygens (including phenoxy) is 1. The number of phenolic OH excluding ortho intramolecular Hbond substituents is 1. The highest BCUT2D eigenvalue weighted by atomic mass is 16.5. The number of ketones is 1. The Bertz CT molecular complexity index is 614. The normalized spacial score (nSPS) is 9.95. The van der Waals surface area contributed by atoms with E-state index in [0.29, 0.717) is 16.7 Å². The van der Waals surface area contributed by atoms with Crippen LogP contribution < -0.4 is 0 Å². The molecule has 0 saturated heterocycles. The van der Waals surface area contributed by atoms with Gasteiger partial charge in [0.1, 0.15) is 5.75 Å². The van der Waals surface area contributed by atoms with Crippen LogP contribution in [0.25, 0.3) is 0 Å². The maximum atomic E-state index is 12.1. The van der Waals surface area contributed by atoms with Gasteiger partial charge in [0.15, 0.2) is 5.78 Å². The van der Waals surface area contributed by atoms with Crippen LogP contribution in [-0.4, -0.2) is 24.0 Å². The van der Waals surface area contributed by atoms with Gasteiger partial charge >= 0.3 is 5.97 Å². The van der Waals surface area contributed by atoms with Crippen LogP contribution in [0.15, 0.2) is 48.5 Å². The summed E-state index contributed by atoms with van der Waals surface area (Å²) in [7, 11) is 1.30. The lowest BCUT2D eigenvalue weighted by molar-refractivity contribution is 0.0600. The summed E-state index contributed by atoms with van der Waals surface area (Å²) in [6.45, 7) is 0. The zero-order valence-electron chi connectivity index (χ0n) is 10.3. The molecule has 0 saturated carbocycles. The molecule has 1 N–H and O–H groups in total. The molecule has 0 unspecified atom stereocenters. The Kier molecular flexibility index (Phi) is 3.61. The number of rotatable bonds is 3. The molecule has 19 heavy (non-hydrogen) atoms. The lowest BCUT2D eigenvalue weighted by atomic mass is 10.0. The van der Waals surface area contributed by atoms with Gasteiger partial charge in [-0.2, -0.15) is 0 Å². The van der Waals surface area contributed by atoms with E-state index in [9.17, 15) is 14.7 Å². The minimum absolute atomic E-state index is 0.0389. The predicted octanol–water partition coefficient (Wildman–Crippen LogP) is 2.41. The molecule has 0 aromatic heterocycles. The number of aromatic hydroxyl groups is 1. The van der Waals surface area contributed by atoms with E-state index < -0.39 is 5.97 Å². The maximum Gasteiger partial charge on any atom is 0.337 e. The second-order valence-corrected chi connectivity index (χ2v) is 3.95. The summed E-state index contributed by atoms with van der Waals surface area (Å²) in [6, 6.07) is 12.3. The molecule has 2 aromatic rings. The van der Waals surface area contributed by atoms with Gasteiger partial charge in [-0.1, -0.05) is 24.3 Å². The lowest BCUT2D eigenvalue weighted by Gasteiger charge is -2.03. The summed E-state index contributed by atoms with van der Waals surface area (Å²) >= 11 is 0. The van der Waals surface area contributed by atoms with Gasteiger partial charge in [0.05, 0.1) is 12.7 Å². The van der Waals surface area contributed by atoms with Crippen molar-refractivity contribution in [1.82, 2.24) is 0 Å². The highest BCUT2D eigenvalue weighted by Gasteiger charge is 2.11. The number of methoxy groups -OCH3 is 1. The average molecular weight is 256 g/mol. The maximum absolute atomic E-state index is 12.1. The van der Waals surface area contributed by atoms with E-state index in [2.05, 4.69) is 4.74 Å². The van der Waals surface area contributed by atoms with Gasteiger partial charge in [-0.15, -0.1) is 0 Å². The molecule has 0 atom stereocenters. The second-order valence-electron chi connectivity index (χ2n) is 3.95. The van der Waals surface area contributed by atoms with Crippen LogP contribution in [0.3, 0.4) is 0 Å². The van der Waals surface area contributed by atoms with Crippen molar-refractivity contribution in [1.29, 1.82) is 0 Å². The molecular formula is C15H12O4. The fourth-order valence-corrected chi connectivity index (χ4v) is 1.69. The van der Waals surface area contributed by atoms with Crippen LogP contribution in [0.5, 0.6) is 5.75 Å². The van der Waals surface area contributed by atoms with Crippen molar-refractivity contribution in [2.45, 2.75) is 0 Å². The fourth-order valence-electron chi connectivity index (χ4n) is 1.69. The molecule has 0 radical (unpaired) electrons. The Hall–Kier alpha value is -2.62. The van der Waals surface area contributed by atoms with Gasteiger partial charge in [0, 0.05) is 11.1 Å². The molecule has 0 spiro atoms. The van der Waals surface area contributed by atoms with Crippen molar-refractivity contribution in [3.63, 3.8) is 0 Å². The van der Waals surface area contributed by atoms with Crippen LogP contribution in [0.1, 0.15) is 26.3 Å². The van der Waals surface area contributed by atoms with Gasteiger partial charge in [0.25, 0.3) is 0 Å². The molecule has 0 aliphatic carbocycles. The SMILES string of the molecule is COC(=O)c1ccc(C(=O)c2cccc(O)c2)cc1. The monoisotopic (exact) mass is 256 g/mol. The Balaban J connectivity index is 2.27. The van der Waals surface area contributed by atoms with E-state index >= 15 is 0 Å². The minimum Gasteiger partial charge on any atom is -0.508 e. The molecular weight excluding hydrogens is 244 g/mol. The molecule has 0 heterocycles. The quantitative estimate of drug-likeness (QED) is 0.676. The third-order valence-electron chi connectivity index (χ3n) is 2.68. The summed E-state index contributed by atoms with van der Waals surface area (Å²) in [5, 5.41) is 9.34. The number of hydrogen-bond acceptors (Lipinski definition) is 4. The highest BCUT2D eigenvalue weighted by molar-refractivity contribution is 6.09. The van der Waals surface area contributed by atoms with Crippen LogP contribution in [0, 0.1) is 0 Å². The van der Waals surface area contributed by atoms with E-state index in [4.69, 9.17) is 0 Å². The first kappa shape index (κ1) is 12.8. The molecule has 0 aliphatic heterocycles. The van der Waals surface area contributed by atoms with Crippen molar-refractivity contribution < 1.29 is 19.4 Å². The van der Waals surface area contributed by atoms with Gasteiger partial charge in [-0.3, -0.25) is 4.79 Å². The molecule has 2 aromatic carbocycles. The zero-order chi connectivity index (χ0) is 13.8. The summed E-state index contributed by atoms with van der Waals surface area (Å²) in [5.41, 5.74) is 1.22. The highest BCUT2D eigenvalue weighted by Crippen LogP contribution is 2.16. The predicted molar refractivity (Wildman–Crippen MR) is 69.3 cm³/mol. The summed E-state index contributed by atoms with van der Waals surface area (Å²) < 4.78 is 4.58. The second kappa shape index (κ2) is 5.35. The zero-order valence-corrected chi connectivity index (χ0v) is 10.3. The van der Waals surface area contributed by atoms with Crippen LogP contribution in [0.2, 0.25) is 0 Å². The molecule has 2 rings (SSSR count). The van der Waals surface area contributed by atoms with E-state index in [1.165, 1.54) is 31.4 Å². The Morgan fingerprint density at radius 2 is 1.58 bits per heavy atom. The van der Waals surface area contributed by atoms with E-state index in [-0.39, 0.29) is 11.5 Å². The average Bonchev–Trinajstić information content (AvgIpc) is 2.46. The Labute approximate surface area is 110 Å². The number of carbonyl (C=O) groups excluding carboxylic acids is 2. The fraction of sp³-hybridized carbons (Fsp3) is 0.0667. The lowest BCUT2D eigenvalue weighted by Crippen LogP contribution is -2.04. The van der Waals surface area contributed by atoms with Crippen molar-refractivity contribution in [2.24, 2.45) is 0 Å². The molecule has 0 fully saturated rings. The molecule has 0 aliphatic rings. The molecule has 0 amide bonds. The molecule has 4 nitrogen and oxygen atoms in total. The Morgan fingerprint density at radius 3 is 2.16 bits per heavy atom. The number of carbonyl (C=O) groups is 2. The van der Waals surface area contributed by atoms with Crippen molar-refractivity contribution in [3.05, 3.63) is 65.2 Å². The molecule has 4 heteroatoms. The first-order valence-corrected chi connectivity index (χ1v) is 5.64. The standard InChI is InChI=1S/C15H12O4/c1-19-15(18)11-7-5-10(6-8-11)14(17)12-3-2-4-13(16)9-12/h2-9,16H,1H3. The summed E-state index contributed by atoms with van der Waals surface area (Å²) in [4.78, 5) is 23.4. The topological polar surface area (TPSA) is 63.6 Å². The number of phenols is 1. The van der Waals surface area contributed by atoms with Gasteiger partial charge < -0.3 is 9.84 Å². The number of hydrogen-bond donors (Lipinski definition) is 1. The minimum atomic E-state index is -0.448. The molecule has 96 valence electrons. The first-order valence-electron chi connectivity index (χ1n) is 5.64. The van der Waals surface area contributed by atoms with Gasteiger partial charge in [-0.05, 0) is 24.3 Å². The number of benzene rings is 2. The summed E-state index contributed by atoms with van der Waals surface area (Å²) in [5.74, 6) is -0.624. The van der Waals surface area contributed by atoms with Gasteiger partial charge in [0.2, 0.25) is 0 Å². The van der Waals surface area contributed by atoms with Crippen LogP contribution in [0.4, 0.5) is 0 Å². The van der Waals surface area contributed by atoms with E-state index in [0.717, 1.165) is 0 Å². The van der Waals surface area contributed by atoms with Crippen molar-refractivity contribution in [2.75, 3.05) is 7.11 Å². The smallest absolute Gasteiger partial charge is 0.337 e. The van der Waals surface area contributed by atoms with Crippen LogP contribution >= 0.6 is 0 Å². The largest absolute Gasteiger partial charge is 0.508 e. The first-order chi connectivity index (χ1) is 9.11. The number of esters is 1. The summed E-state index contributed by atoms with van der Waals surface area (Å²) in [6.07, 6.45) is 0. The molecule has 0 bridgehead atoms. The van der Waals surface area contributed by atoms with Crippen molar-refractivity contribution in [3.8, 4) is 5.75 Å². The van der Waals surface area contributed by atoms with E-state index in [1.807, 2.05) is 0 Å².